The smallest absolute Gasteiger partial charge is 0.126 e. The quantitative estimate of drug-likeness (QED) is 0.826. The van der Waals surface area contributed by atoms with Gasteiger partial charge in [-0.2, -0.15) is 0 Å². The molecule has 0 amide bonds. The molecule has 1 fully saturated rings. The van der Waals surface area contributed by atoms with Crippen molar-refractivity contribution in [3.8, 4) is 0 Å². The van der Waals surface area contributed by atoms with Gasteiger partial charge in [0.1, 0.15) is 5.82 Å². The Morgan fingerprint density at radius 1 is 1.47 bits per heavy atom. The SMILES string of the molecule is CC1CCC(O)(Cc2cccnc2N)CC1C. The second-order valence-corrected chi connectivity index (χ2v) is 5.65. The molecule has 94 valence electrons. The van der Waals surface area contributed by atoms with Gasteiger partial charge in [-0.25, -0.2) is 4.98 Å². The van der Waals surface area contributed by atoms with Crippen molar-refractivity contribution in [1.29, 1.82) is 0 Å². The maximum atomic E-state index is 10.7. The number of aliphatic hydroxyl groups is 1. The van der Waals surface area contributed by atoms with E-state index < -0.39 is 5.60 Å². The van der Waals surface area contributed by atoms with Crippen LogP contribution in [0.4, 0.5) is 5.82 Å². The summed E-state index contributed by atoms with van der Waals surface area (Å²) in [6.45, 7) is 4.49. The molecule has 3 nitrogen and oxygen atoms in total. The summed E-state index contributed by atoms with van der Waals surface area (Å²) in [6, 6.07) is 3.84. The fourth-order valence-corrected chi connectivity index (χ4v) is 2.80. The number of aromatic nitrogens is 1. The van der Waals surface area contributed by atoms with Crippen LogP contribution in [0.2, 0.25) is 0 Å². The topological polar surface area (TPSA) is 59.1 Å². The standard InChI is InChI=1S/C14H22N2O/c1-10-5-6-14(17,8-11(10)2)9-12-4-3-7-16-13(12)15/h3-4,7,10-11,17H,5-6,8-9H2,1-2H3,(H2,15,16). The number of nitrogens with zero attached hydrogens (tertiary/aromatic N) is 1. The molecule has 3 unspecified atom stereocenters. The molecule has 1 heterocycles. The summed E-state index contributed by atoms with van der Waals surface area (Å²) in [5.41, 5.74) is 6.21. The van der Waals surface area contributed by atoms with Gasteiger partial charge in [0.15, 0.2) is 0 Å². The second-order valence-electron chi connectivity index (χ2n) is 5.65. The van der Waals surface area contributed by atoms with E-state index in [-0.39, 0.29) is 0 Å². The number of anilines is 1. The van der Waals surface area contributed by atoms with E-state index in [1.807, 2.05) is 12.1 Å². The highest BCUT2D eigenvalue weighted by atomic mass is 16.3. The highest BCUT2D eigenvalue weighted by molar-refractivity contribution is 5.39. The van der Waals surface area contributed by atoms with Crippen molar-refractivity contribution < 1.29 is 5.11 Å². The van der Waals surface area contributed by atoms with E-state index in [0.29, 0.717) is 24.1 Å². The molecule has 3 atom stereocenters. The number of pyridine rings is 1. The summed E-state index contributed by atoms with van der Waals surface area (Å²) in [7, 11) is 0. The van der Waals surface area contributed by atoms with E-state index in [4.69, 9.17) is 5.73 Å². The molecule has 3 N–H and O–H groups in total. The monoisotopic (exact) mass is 234 g/mol. The van der Waals surface area contributed by atoms with Crippen LogP contribution in [0.1, 0.15) is 38.7 Å². The normalized spacial score (nSPS) is 33.6. The lowest BCUT2D eigenvalue weighted by atomic mass is 9.71. The molecule has 2 rings (SSSR count). The summed E-state index contributed by atoms with van der Waals surface area (Å²) >= 11 is 0. The molecule has 0 spiro atoms. The third kappa shape index (κ3) is 2.78. The minimum Gasteiger partial charge on any atom is -0.390 e. The summed E-state index contributed by atoms with van der Waals surface area (Å²) in [5, 5.41) is 10.7. The largest absolute Gasteiger partial charge is 0.390 e. The summed E-state index contributed by atoms with van der Waals surface area (Å²) in [6.07, 6.45) is 5.14. The number of hydrogen-bond donors (Lipinski definition) is 2. The van der Waals surface area contributed by atoms with Gasteiger partial charge < -0.3 is 10.8 Å². The molecule has 1 aromatic heterocycles. The molecular formula is C14H22N2O. The van der Waals surface area contributed by atoms with Gasteiger partial charge in [-0.1, -0.05) is 19.9 Å². The summed E-state index contributed by atoms with van der Waals surface area (Å²) in [5.74, 6) is 1.83. The molecular weight excluding hydrogens is 212 g/mol. The first-order valence-corrected chi connectivity index (χ1v) is 6.42. The van der Waals surface area contributed by atoms with Gasteiger partial charge in [0.25, 0.3) is 0 Å². The van der Waals surface area contributed by atoms with Gasteiger partial charge in [-0.3, -0.25) is 0 Å². The van der Waals surface area contributed by atoms with Gasteiger partial charge >= 0.3 is 0 Å². The van der Waals surface area contributed by atoms with Crippen molar-refractivity contribution in [2.75, 3.05) is 5.73 Å². The van der Waals surface area contributed by atoms with E-state index >= 15 is 0 Å². The lowest BCUT2D eigenvalue weighted by Gasteiger charge is -2.39. The Labute approximate surface area is 103 Å². The van der Waals surface area contributed by atoms with E-state index in [1.165, 1.54) is 0 Å². The first-order chi connectivity index (χ1) is 8.00. The summed E-state index contributed by atoms with van der Waals surface area (Å²) in [4.78, 5) is 4.08. The van der Waals surface area contributed by atoms with Crippen LogP contribution in [0.15, 0.2) is 18.3 Å². The van der Waals surface area contributed by atoms with E-state index in [2.05, 4.69) is 18.8 Å². The average Bonchev–Trinajstić information content (AvgIpc) is 2.28. The van der Waals surface area contributed by atoms with Crippen LogP contribution in [0.3, 0.4) is 0 Å². The Morgan fingerprint density at radius 3 is 2.88 bits per heavy atom. The molecule has 0 radical (unpaired) electrons. The first-order valence-electron chi connectivity index (χ1n) is 6.42. The lowest BCUT2D eigenvalue weighted by Crippen LogP contribution is -2.39. The van der Waals surface area contributed by atoms with Crippen molar-refractivity contribution in [3.63, 3.8) is 0 Å². The van der Waals surface area contributed by atoms with E-state index in [1.54, 1.807) is 6.20 Å². The van der Waals surface area contributed by atoms with Crippen molar-refractivity contribution in [3.05, 3.63) is 23.9 Å². The molecule has 0 bridgehead atoms. The maximum Gasteiger partial charge on any atom is 0.126 e. The second kappa shape index (κ2) is 4.65. The molecule has 0 aliphatic heterocycles. The molecule has 0 aromatic carbocycles. The van der Waals surface area contributed by atoms with E-state index in [0.717, 1.165) is 24.8 Å². The molecule has 1 aliphatic rings. The average molecular weight is 234 g/mol. The number of nitrogen functional groups attached to an aromatic ring is 1. The molecule has 1 saturated carbocycles. The van der Waals surface area contributed by atoms with Crippen LogP contribution in [-0.4, -0.2) is 15.7 Å². The zero-order valence-corrected chi connectivity index (χ0v) is 10.7. The molecule has 0 saturated heterocycles. The number of hydrogen-bond acceptors (Lipinski definition) is 3. The van der Waals surface area contributed by atoms with Crippen LogP contribution < -0.4 is 5.73 Å². The predicted octanol–water partition coefficient (Wildman–Crippen LogP) is 2.39. The highest BCUT2D eigenvalue weighted by Gasteiger charge is 2.36. The minimum atomic E-state index is -0.594. The van der Waals surface area contributed by atoms with Crippen molar-refractivity contribution in [1.82, 2.24) is 4.98 Å². The van der Waals surface area contributed by atoms with Crippen LogP contribution in [0.25, 0.3) is 0 Å². The molecule has 1 aliphatic carbocycles. The fraction of sp³-hybridized carbons (Fsp3) is 0.643. The maximum absolute atomic E-state index is 10.7. The zero-order valence-electron chi connectivity index (χ0n) is 10.7. The zero-order chi connectivity index (χ0) is 12.5. The third-order valence-corrected chi connectivity index (χ3v) is 4.18. The van der Waals surface area contributed by atoms with Gasteiger partial charge in [0.05, 0.1) is 5.60 Å². The molecule has 3 heteroatoms. The van der Waals surface area contributed by atoms with Gasteiger partial charge in [-0.15, -0.1) is 0 Å². The molecule has 1 aromatic rings. The van der Waals surface area contributed by atoms with Crippen molar-refractivity contribution in [2.45, 2.75) is 45.1 Å². The van der Waals surface area contributed by atoms with Crippen LogP contribution >= 0.6 is 0 Å². The van der Waals surface area contributed by atoms with Crippen LogP contribution in [0, 0.1) is 11.8 Å². The lowest BCUT2D eigenvalue weighted by molar-refractivity contribution is -0.0278. The minimum absolute atomic E-state index is 0.548. The fourth-order valence-electron chi connectivity index (χ4n) is 2.80. The van der Waals surface area contributed by atoms with Gasteiger partial charge in [0, 0.05) is 12.6 Å². The Morgan fingerprint density at radius 2 is 2.24 bits per heavy atom. The number of rotatable bonds is 2. The van der Waals surface area contributed by atoms with Gasteiger partial charge in [-0.05, 0) is 42.7 Å². The van der Waals surface area contributed by atoms with Gasteiger partial charge in [0.2, 0.25) is 0 Å². The van der Waals surface area contributed by atoms with Crippen molar-refractivity contribution >= 4 is 5.82 Å². The van der Waals surface area contributed by atoms with Crippen LogP contribution in [0.5, 0.6) is 0 Å². The first kappa shape index (κ1) is 12.4. The Hall–Kier alpha value is -1.09. The molecule has 17 heavy (non-hydrogen) atoms. The Balaban J connectivity index is 2.10. The van der Waals surface area contributed by atoms with Crippen molar-refractivity contribution in [2.24, 2.45) is 11.8 Å². The Bertz CT molecular complexity index is 394. The van der Waals surface area contributed by atoms with Crippen LogP contribution in [-0.2, 0) is 6.42 Å². The Kier molecular flexibility index (Phi) is 3.38. The highest BCUT2D eigenvalue weighted by Crippen LogP contribution is 2.38. The summed E-state index contributed by atoms with van der Waals surface area (Å²) < 4.78 is 0. The number of nitrogens with two attached hydrogens (primary N) is 1. The predicted molar refractivity (Wildman–Crippen MR) is 69.5 cm³/mol. The third-order valence-electron chi connectivity index (χ3n) is 4.18. The van der Waals surface area contributed by atoms with E-state index in [9.17, 15) is 5.11 Å².